The normalized spacial score (nSPS) is 11.9. The molecule has 0 aliphatic rings. The number of aromatic nitrogens is 1. The maximum absolute atomic E-state index is 12.4. The molecule has 0 fully saturated rings. The van der Waals surface area contributed by atoms with Crippen molar-refractivity contribution in [3.8, 4) is 0 Å². The van der Waals surface area contributed by atoms with Gasteiger partial charge in [0.2, 0.25) is 0 Å². The molecule has 84 valence electrons. The summed E-state index contributed by atoms with van der Waals surface area (Å²) < 4.78 is 37.1. The van der Waals surface area contributed by atoms with Crippen LogP contribution in [0, 0.1) is 0 Å². The largest absolute Gasteiger partial charge is 0.478 e. The van der Waals surface area contributed by atoms with Crippen molar-refractivity contribution in [2.75, 3.05) is 0 Å². The fraction of sp³-hybridized carbons (Fsp3) is 0.100. The van der Waals surface area contributed by atoms with E-state index in [1.54, 1.807) is 0 Å². The van der Waals surface area contributed by atoms with Gasteiger partial charge in [-0.3, -0.25) is 0 Å². The molecule has 0 saturated carbocycles. The Hall–Kier alpha value is -1.98. The van der Waals surface area contributed by atoms with E-state index < -0.39 is 17.7 Å². The van der Waals surface area contributed by atoms with Crippen LogP contribution in [0.5, 0.6) is 0 Å². The van der Waals surface area contributed by atoms with Crippen molar-refractivity contribution in [1.29, 1.82) is 0 Å². The molecule has 2 N–H and O–H groups in total. The summed E-state index contributed by atoms with van der Waals surface area (Å²) in [5.74, 6) is -1.17. The summed E-state index contributed by atoms with van der Waals surface area (Å²) in [5.41, 5.74) is -0.685. The molecule has 1 heterocycles. The maximum atomic E-state index is 12.4. The summed E-state index contributed by atoms with van der Waals surface area (Å²) >= 11 is 0. The first-order valence-electron chi connectivity index (χ1n) is 4.31. The van der Waals surface area contributed by atoms with Crippen molar-refractivity contribution in [1.82, 2.24) is 4.98 Å². The van der Waals surface area contributed by atoms with Gasteiger partial charge in [-0.25, -0.2) is 4.79 Å². The van der Waals surface area contributed by atoms with Crippen LogP contribution in [0.15, 0.2) is 24.4 Å². The second-order valence-electron chi connectivity index (χ2n) is 3.27. The van der Waals surface area contributed by atoms with Gasteiger partial charge in [0.05, 0.1) is 11.1 Å². The summed E-state index contributed by atoms with van der Waals surface area (Å²) in [6.45, 7) is 0. The Morgan fingerprint density at radius 3 is 2.56 bits per heavy atom. The Kier molecular flexibility index (Phi) is 2.15. The molecule has 1 aromatic heterocycles. The maximum Gasteiger partial charge on any atom is 0.416 e. The van der Waals surface area contributed by atoms with Crippen molar-refractivity contribution < 1.29 is 23.1 Å². The van der Waals surface area contributed by atoms with Crippen molar-refractivity contribution in [2.24, 2.45) is 0 Å². The molecule has 0 saturated heterocycles. The van der Waals surface area contributed by atoms with Gasteiger partial charge >= 0.3 is 12.1 Å². The molecular formula is C10H6F3NO2. The highest BCUT2D eigenvalue weighted by Gasteiger charge is 2.30. The lowest BCUT2D eigenvalue weighted by molar-refractivity contribution is -0.137. The van der Waals surface area contributed by atoms with Crippen LogP contribution in [-0.4, -0.2) is 16.1 Å². The summed E-state index contributed by atoms with van der Waals surface area (Å²) in [4.78, 5) is 13.2. The lowest BCUT2D eigenvalue weighted by Gasteiger charge is -2.05. The third kappa shape index (κ3) is 1.62. The number of aromatic amines is 1. The zero-order valence-corrected chi connectivity index (χ0v) is 7.80. The molecule has 2 rings (SSSR count). The van der Waals surface area contributed by atoms with Gasteiger partial charge in [0.25, 0.3) is 0 Å². The highest BCUT2D eigenvalue weighted by Crippen LogP contribution is 2.31. The average molecular weight is 229 g/mol. The number of carbonyl (C=O) groups is 1. The molecule has 3 nitrogen and oxygen atoms in total. The number of halogens is 3. The van der Waals surface area contributed by atoms with Gasteiger partial charge in [0, 0.05) is 17.1 Å². The van der Waals surface area contributed by atoms with E-state index in [0.717, 1.165) is 18.2 Å². The summed E-state index contributed by atoms with van der Waals surface area (Å²) in [5, 5.41) is 9.02. The Bertz CT molecular complexity index is 557. The number of fused-ring (bicyclic) bond motifs is 1. The second kappa shape index (κ2) is 3.26. The molecule has 16 heavy (non-hydrogen) atoms. The standard InChI is InChI=1S/C10H6F3NO2/c11-10(12,13)5-1-2-6-7(9(15)16)4-14-8(6)3-5/h1-4,14H,(H,15,16). The topological polar surface area (TPSA) is 53.1 Å². The molecule has 0 spiro atoms. The minimum Gasteiger partial charge on any atom is -0.478 e. The number of aromatic carboxylic acids is 1. The van der Waals surface area contributed by atoms with Crippen LogP contribution in [0.2, 0.25) is 0 Å². The van der Waals surface area contributed by atoms with Crippen LogP contribution in [0.25, 0.3) is 10.9 Å². The number of nitrogens with one attached hydrogen (secondary N) is 1. The van der Waals surface area contributed by atoms with E-state index in [-0.39, 0.29) is 16.5 Å². The first-order valence-corrected chi connectivity index (χ1v) is 4.31. The minimum absolute atomic E-state index is 0.0382. The van der Waals surface area contributed by atoms with Crippen LogP contribution in [0.1, 0.15) is 15.9 Å². The average Bonchev–Trinajstić information content (AvgIpc) is 2.58. The van der Waals surface area contributed by atoms with E-state index >= 15 is 0 Å². The number of carboxylic acid groups (broad SMARTS) is 1. The van der Waals surface area contributed by atoms with Gasteiger partial charge in [-0.2, -0.15) is 13.2 Å². The monoisotopic (exact) mass is 229 g/mol. The van der Waals surface area contributed by atoms with Crippen LogP contribution in [-0.2, 0) is 6.18 Å². The molecule has 0 aliphatic heterocycles. The summed E-state index contributed by atoms with van der Waals surface area (Å²) in [7, 11) is 0. The summed E-state index contributed by atoms with van der Waals surface area (Å²) in [6, 6.07) is 2.91. The minimum atomic E-state index is -4.43. The van der Waals surface area contributed by atoms with Gasteiger partial charge in [0.15, 0.2) is 0 Å². The second-order valence-corrected chi connectivity index (χ2v) is 3.27. The molecule has 0 radical (unpaired) electrons. The van der Waals surface area contributed by atoms with E-state index in [2.05, 4.69) is 4.98 Å². The van der Waals surface area contributed by atoms with E-state index in [0.29, 0.717) is 0 Å². The number of hydrogen-bond donors (Lipinski definition) is 2. The zero-order valence-electron chi connectivity index (χ0n) is 7.80. The van der Waals surface area contributed by atoms with Crippen molar-refractivity contribution in [3.05, 3.63) is 35.5 Å². The van der Waals surface area contributed by atoms with Gasteiger partial charge < -0.3 is 10.1 Å². The van der Waals surface area contributed by atoms with E-state index in [9.17, 15) is 18.0 Å². The Labute approximate surface area is 87.5 Å². The lowest BCUT2D eigenvalue weighted by Crippen LogP contribution is -2.04. The van der Waals surface area contributed by atoms with E-state index in [4.69, 9.17) is 5.11 Å². The number of alkyl halides is 3. The zero-order chi connectivity index (χ0) is 11.9. The molecule has 1 aromatic carbocycles. The molecule has 2 aromatic rings. The molecule has 0 amide bonds. The Balaban J connectivity index is 2.62. The lowest BCUT2D eigenvalue weighted by atomic mass is 10.1. The number of rotatable bonds is 1. The van der Waals surface area contributed by atoms with Gasteiger partial charge in [0.1, 0.15) is 0 Å². The third-order valence-electron chi connectivity index (χ3n) is 2.24. The number of hydrogen-bond acceptors (Lipinski definition) is 1. The first-order chi connectivity index (χ1) is 7.39. The Morgan fingerprint density at radius 1 is 1.31 bits per heavy atom. The molecular weight excluding hydrogens is 223 g/mol. The molecule has 0 atom stereocenters. The highest BCUT2D eigenvalue weighted by molar-refractivity contribution is 6.03. The SMILES string of the molecule is O=C(O)c1c[nH]c2cc(C(F)(F)F)ccc12. The quantitative estimate of drug-likeness (QED) is 0.789. The smallest absolute Gasteiger partial charge is 0.416 e. The number of H-pyrrole nitrogens is 1. The van der Waals surface area contributed by atoms with E-state index in [1.165, 1.54) is 6.20 Å². The number of benzene rings is 1. The van der Waals surface area contributed by atoms with Crippen molar-refractivity contribution in [3.63, 3.8) is 0 Å². The summed E-state index contributed by atoms with van der Waals surface area (Å²) in [6.07, 6.45) is -3.25. The van der Waals surface area contributed by atoms with Crippen molar-refractivity contribution in [2.45, 2.75) is 6.18 Å². The van der Waals surface area contributed by atoms with Crippen LogP contribution in [0.4, 0.5) is 13.2 Å². The number of carboxylic acids is 1. The first kappa shape index (κ1) is 10.5. The third-order valence-corrected chi connectivity index (χ3v) is 2.24. The Morgan fingerprint density at radius 2 is 2.00 bits per heavy atom. The fourth-order valence-corrected chi connectivity index (χ4v) is 1.48. The highest BCUT2D eigenvalue weighted by atomic mass is 19.4. The fourth-order valence-electron chi connectivity index (χ4n) is 1.48. The molecule has 0 aliphatic carbocycles. The van der Waals surface area contributed by atoms with Gasteiger partial charge in [-0.1, -0.05) is 6.07 Å². The van der Waals surface area contributed by atoms with Crippen LogP contribution in [0.3, 0.4) is 0 Å². The molecule has 0 unspecified atom stereocenters. The molecule has 6 heteroatoms. The van der Waals surface area contributed by atoms with Crippen molar-refractivity contribution >= 4 is 16.9 Å². The van der Waals surface area contributed by atoms with Gasteiger partial charge in [-0.15, -0.1) is 0 Å². The van der Waals surface area contributed by atoms with Crippen LogP contribution < -0.4 is 0 Å². The molecule has 0 bridgehead atoms. The predicted molar refractivity (Wildman–Crippen MR) is 50.3 cm³/mol. The van der Waals surface area contributed by atoms with Crippen LogP contribution >= 0.6 is 0 Å². The van der Waals surface area contributed by atoms with E-state index in [1.807, 2.05) is 0 Å². The predicted octanol–water partition coefficient (Wildman–Crippen LogP) is 2.88. The van der Waals surface area contributed by atoms with Gasteiger partial charge in [-0.05, 0) is 12.1 Å².